The molecule has 0 radical (unpaired) electrons. The highest BCUT2D eigenvalue weighted by molar-refractivity contribution is 5.92. The summed E-state index contributed by atoms with van der Waals surface area (Å²) in [6.07, 6.45) is 5.37. The lowest BCUT2D eigenvalue weighted by atomic mass is 10.1. The lowest BCUT2D eigenvalue weighted by molar-refractivity contribution is 0.0929. The van der Waals surface area contributed by atoms with Gasteiger partial charge in [-0.1, -0.05) is 6.92 Å². The third kappa shape index (κ3) is 2.22. The third-order valence-corrected chi connectivity index (χ3v) is 3.21. The Morgan fingerprint density at radius 3 is 2.87 bits per heavy atom. The minimum atomic E-state index is 0.0570. The molecule has 0 aromatic carbocycles. The van der Waals surface area contributed by atoms with Gasteiger partial charge in [-0.15, -0.1) is 0 Å². The van der Waals surface area contributed by atoms with Crippen LogP contribution in [-0.4, -0.2) is 16.5 Å². The van der Waals surface area contributed by atoms with E-state index >= 15 is 0 Å². The average molecular weight is 206 g/mol. The van der Waals surface area contributed by atoms with Crippen LogP contribution in [0.3, 0.4) is 0 Å². The van der Waals surface area contributed by atoms with E-state index < -0.39 is 0 Å². The Balaban J connectivity index is 1.96. The van der Waals surface area contributed by atoms with E-state index in [1.54, 1.807) is 0 Å². The summed E-state index contributed by atoms with van der Waals surface area (Å²) in [5.74, 6) is 0.810. The van der Waals surface area contributed by atoms with E-state index in [-0.39, 0.29) is 5.91 Å². The van der Waals surface area contributed by atoms with Crippen LogP contribution in [0, 0.1) is 5.92 Å². The van der Waals surface area contributed by atoms with Crippen molar-refractivity contribution in [1.29, 1.82) is 0 Å². The van der Waals surface area contributed by atoms with Gasteiger partial charge in [-0.25, -0.2) is 0 Å². The van der Waals surface area contributed by atoms with E-state index in [9.17, 15) is 4.79 Å². The monoisotopic (exact) mass is 206 g/mol. The first kappa shape index (κ1) is 10.3. The van der Waals surface area contributed by atoms with E-state index in [4.69, 9.17) is 0 Å². The standard InChI is InChI=1S/C12H18N2O/c1-9-5-6-10(8-9)13-12(15)11-4-3-7-14(11)2/h3-4,7,9-10H,5-6,8H2,1-2H3,(H,13,15). The van der Waals surface area contributed by atoms with Crippen molar-refractivity contribution in [3.05, 3.63) is 24.0 Å². The van der Waals surface area contributed by atoms with Gasteiger partial charge in [0.25, 0.3) is 5.91 Å². The van der Waals surface area contributed by atoms with Gasteiger partial charge in [-0.3, -0.25) is 4.79 Å². The van der Waals surface area contributed by atoms with Crippen molar-refractivity contribution in [2.24, 2.45) is 13.0 Å². The molecule has 82 valence electrons. The SMILES string of the molecule is CC1CCC(NC(=O)c2cccn2C)C1. The smallest absolute Gasteiger partial charge is 0.268 e. The van der Waals surface area contributed by atoms with Crippen LogP contribution >= 0.6 is 0 Å². The Bertz CT molecular complexity index is 356. The molecule has 0 aliphatic heterocycles. The molecule has 1 saturated carbocycles. The van der Waals surface area contributed by atoms with Gasteiger partial charge in [-0.2, -0.15) is 0 Å². The molecule has 2 rings (SSSR count). The molecule has 0 spiro atoms. The summed E-state index contributed by atoms with van der Waals surface area (Å²) in [7, 11) is 1.90. The fraction of sp³-hybridized carbons (Fsp3) is 0.583. The summed E-state index contributed by atoms with van der Waals surface area (Å²) in [6.45, 7) is 2.24. The number of hydrogen-bond acceptors (Lipinski definition) is 1. The molecule has 3 heteroatoms. The quantitative estimate of drug-likeness (QED) is 0.788. The van der Waals surface area contributed by atoms with Crippen LogP contribution in [0.4, 0.5) is 0 Å². The van der Waals surface area contributed by atoms with Crippen molar-refractivity contribution in [2.45, 2.75) is 32.2 Å². The highest BCUT2D eigenvalue weighted by atomic mass is 16.2. The number of amides is 1. The molecule has 0 bridgehead atoms. The molecule has 15 heavy (non-hydrogen) atoms. The van der Waals surface area contributed by atoms with Crippen LogP contribution in [0.25, 0.3) is 0 Å². The molecule has 1 aliphatic rings. The zero-order chi connectivity index (χ0) is 10.8. The topological polar surface area (TPSA) is 34.0 Å². The minimum Gasteiger partial charge on any atom is -0.348 e. The molecule has 3 nitrogen and oxygen atoms in total. The van der Waals surface area contributed by atoms with E-state index in [0.717, 1.165) is 24.5 Å². The van der Waals surface area contributed by atoms with E-state index in [0.29, 0.717) is 6.04 Å². The predicted molar refractivity (Wildman–Crippen MR) is 59.7 cm³/mol. The van der Waals surface area contributed by atoms with Gasteiger partial charge in [0.2, 0.25) is 0 Å². The van der Waals surface area contributed by atoms with Crippen LogP contribution < -0.4 is 5.32 Å². The van der Waals surface area contributed by atoms with Crippen LogP contribution in [0.2, 0.25) is 0 Å². The number of aryl methyl sites for hydroxylation is 1. The van der Waals surface area contributed by atoms with Gasteiger partial charge in [0.15, 0.2) is 0 Å². The van der Waals surface area contributed by atoms with E-state index in [1.807, 2.05) is 29.9 Å². The molecule has 1 aromatic rings. The predicted octanol–water partition coefficient (Wildman–Crippen LogP) is 1.94. The van der Waals surface area contributed by atoms with Crippen LogP contribution in [-0.2, 0) is 7.05 Å². The molecular formula is C12H18N2O. The molecule has 1 aliphatic carbocycles. The molecule has 2 atom stereocenters. The lowest BCUT2D eigenvalue weighted by Gasteiger charge is -2.12. The van der Waals surface area contributed by atoms with Crippen molar-refractivity contribution >= 4 is 5.91 Å². The highest BCUT2D eigenvalue weighted by Gasteiger charge is 2.23. The van der Waals surface area contributed by atoms with Gasteiger partial charge in [-0.05, 0) is 37.3 Å². The highest BCUT2D eigenvalue weighted by Crippen LogP contribution is 2.24. The minimum absolute atomic E-state index is 0.0570. The summed E-state index contributed by atoms with van der Waals surface area (Å²) in [6, 6.07) is 4.13. The summed E-state index contributed by atoms with van der Waals surface area (Å²) in [5, 5.41) is 3.09. The molecule has 0 saturated heterocycles. The molecule has 2 unspecified atom stereocenters. The van der Waals surface area contributed by atoms with Crippen LogP contribution in [0.15, 0.2) is 18.3 Å². The molecule has 1 N–H and O–H groups in total. The number of rotatable bonds is 2. The maximum absolute atomic E-state index is 11.9. The number of nitrogens with one attached hydrogen (secondary N) is 1. The zero-order valence-corrected chi connectivity index (χ0v) is 9.36. The number of carbonyl (C=O) groups is 1. The maximum Gasteiger partial charge on any atom is 0.268 e. The molecule has 1 aromatic heterocycles. The summed E-state index contributed by atoms with van der Waals surface area (Å²) >= 11 is 0. The first-order valence-corrected chi connectivity index (χ1v) is 5.59. The number of aromatic nitrogens is 1. The summed E-state index contributed by atoms with van der Waals surface area (Å²) in [4.78, 5) is 11.9. The Hall–Kier alpha value is -1.25. The van der Waals surface area contributed by atoms with Crippen LogP contribution in [0.1, 0.15) is 36.7 Å². The fourth-order valence-corrected chi connectivity index (χ4v) is 2.29. The Kier molecular flexibility index (Phi) is 2.80. The second-order valence-corrected chi connectivity index (χ2v) is 4.59. The average Bonchev–Trinajstić information content (AvgIpc) is 2.75. The molecule has 1 amide bonds. The van der Waals surface area contributed by atoms with Crippen molar-refractivity contribution in [2.75, 3.05) is 0 Å². The molecule has 1 heterocycles. The van der Waals surface area contributed by atoms with Gasteiger partial charge >= 0.3 is 0 Å². The fourth-order valence-electron chi connectivity index (χ4n) is 2.29. The second-order valence-electron chi connectivity index (χ2n) is 4.59. The Morgan fingerprint density at radius 2 is 2.33 bits per heavy atom. The largest absolute Gasteiger partial charge is 0.348 e. The van der Waals surface area contributed by atoms with Crippen molar-refractivity contribution in [3.8, 4) is 0 Å². The van der Waals surface area contributed by atoms with Gasteiger partial charge in [0, 0.05) is 19.3 Å². The van der Waals surface area contributed by atoms with Crippen LogP contribution in [0.5, 0.6) is 0 Å². The number of hydrogen-bond donors (Lipinski definition) is 1. The van der Waals surface area contributed by atoms with Crippen molar-refractivity contribution in [1.82, 2.24) is 9.88 Å². The molecule has 1 fully saturated rings. The Labute approximate surface area is 90.5 Å². The zero-order valence-electron chi connectivity index (χ0n) is 9.36. The van der Waals surface area contributed by atoms with Crippen molar-refractivity contribution < 1.29 is 4.79 Å². The van der Waals surface area contributed by atoms with Gasteiger partial charge < -0.3 is 9.88 Å². The van der Waals surface area contributed by atoms with E-state index in [1.165, 1.54) is 6.42 Å². The normalized spacial score (nSPS) is 25.5. The van der Waals surface area contributed by atoms with Crippen molar-refractivity contribution in [3.63, 3.8) is 0 Å². The van der Waals surface area contributed by atoms with Gasteiger partial charge in [0.1, 0.15) is 5.69 Å². The van der Waals surface area contributed by atoms with Gasteiger partial charge in [0.05, 0.1) is 0 Å². The first-order chi connectivity index (χ1) is 7.16. The maximum atomic E-state index is 11.9. The number of nitrogens with zero attached hydrogens (tertiary/aromatic N) is 1. The second kappa shape index (κ2) is 4.09. The Morgan fingerprint density at radius 1 is 1.53 bits per heavy atom. The lowest BCUT2D eigenvalue weighted by Crippen LogP contribution is -2.33. The van der Waals surface area contributed by atoms with E-state index in [2.05, 4.69) is 12.2 Å². The summed E-state index contributed by atoms with van der Waals surface area (Å²) < 4.78 is 1.85. The summed E-state index contributed by atoms with van der Waals surface area (Å²) in [5.41, 5.74) is 0.745. The molecular weight excluding hydrogens is 188 g/mol. The number of carbonyl (C=O) groups excluding carboxylic acids is 1. The third-order valence-electron chi connectivity index (χ3n) is 3.21. The first-order valence-electron chi connectivity index (χ1n) is 5.59.